The third-order valence-corrected chi connectivity index (χ3v) is 3.39. The normalized spacial score (nSPS) is 10.5. The van der Waals surface area contributed by atoms with E-state index in [-0.39, 0.29) is 11.6 Å². The zero-order chi connectivity index (χ0) is 17.1. The molecule has 3 aromatic rings. The van der Waals surface area contributed by atoms with Gasteiger partial charge in [-0.2, -0.15) is 5.10 Å². The number of hydrogen-bond donors (Lipinski definition) is 1. The molecule has 0 aliphatic heterocycles. The average Bonchev–Trinajstić information content (AvgIpc) is 3.05. The largest absolute Gasteiger partial charge is 0.493 e. The maximum atomic E-state index is 12.4. The van der Waals surface area contributed by atoms with Crippen molar-refractivity contribution in [3.63, 3.8) is 0 Å². The fourth-order valence-corrected chi connectivity index (χ4v) is 2.29. The van der Waals surface area contributed by atoms with Crippen LogP contribution in [-0.4, -0.2) is 41.8 Å². The highest BCUT2D eigenvalue weighted by Crippen LogP contribution is 2.39. The van der Waals surface area contributed by atoms with Crippen LogP contribution in [0.15, 0.2) is 36.7 Å². The SMILES string of the molecule is COc1cc(NC(=O)c2cc3ncccn3n2)cc(OC)c1OC. The van der Waals surface area contributed by atoms with E-state index in [1.165, 1.54) is 25.8 Å². The monoisotopic (exact) mass is 328 g/mol. The Balaban J connectivity index is 1.91. The van der Waals surface area contributed by atoms with Gasteiger partial charge in [0.1, 0.15) is 0 Å². The van der Waals surface area contributed by atoms with Crippen molar-refractivity contribution in [2.75, 3.05) is 26.6 Å². The van der Waals surface area contributed by atoms with E-state index in [9.17, 15) is 4.79 Å². The average molecular weight is 328 g/mol. The molecule has 0 atom stereocenters. The smallest absolute Gasteiger partial charge is 0.276 e. The van der Waals surface area contributed by atoms with Crippen LogP contribution in [0.2, 0.25) is 0 Å². The zero-order valence-electron chi connectivity index (χ0n) is 13.4. The molecule has 0 spiro atoms. The number of carbonyl (C=O) groups excluding carboxylic acids is 1. The summed E-state index contributed by atoms with van der Waals surface area (Å²) in [5.74, 6) is 0.984. The van der Waals surface area contributed by atoms with Crippen LogP contribution in [0.5, 0.6) is 17.2 Å². The summed E-state index contributed by atoms with van der Waals surface area (Å²) in [5, 5.41) is 6.94. The molecule has 0 aliphatic rings. The number of methoxy groups -OCH3 is 3. The topological polar surface area (TPSA) is 87.0 Å². The highest BCUT2D eigenvalue weighted by Gasteiger charge is 2.16. The van der Waals surface area contributed by atoms with Crippen LogP contribution >= 0.6 is 0 Å². The fourth-order valence-electron chi connectivity index (χ4n) is 2.29. The van der Waals surface area contributed by atoms with Gasteiger partial charge >= 0.3 is 0 Å². The Hall–Kier alpha value is -3.29. The summed E-state index contributed by atoms with van der Waals surface area (Å²) in [4.78, 5) is 16.5. The molecule has 0 saturated heterocycles. The molecule has 2 aromatic heterocycles. The molecule has 2 heterocycles. The molecular weight excluding hydrogens is 312 g/mol. The van der Waals surface area contributed by atoms with Crippen LogP contribution in [-0.2, 0) is 0 Å². The van der Waals surface area contributed by atoms with Gasteiger partial charge in [-0.3, -0.25) is 4.79 Å². The lowest BCUT2D eigenvalue weighted by Crippen LogP contribution is -2.13. The Labute approximate surface area is 138 Å². The minimum absolute atomic E-state index is 0.252. The number of nitrogens with zero attached hydrogens (tertiary/aromatic N) is 3. The van der Waals surface area contributed by atoms with Gasteiger partial charge in [0.05, 0.1) is 21.3 Å². The minimum Gasteiger partial charge on any atom is -0.493 e. The molecule has 1 aromatic carbocycles. The summed E-state index contributed by atoms with van der Waals surface area (Å²) in [6, 6.07) is 6.63. The molecule has 24 heavy (non-hydrogen) atoms. The standard InChI is InChI=1S/C16H16N4O4/c1-22-12-7-10(8-13(23-2)15(12)24-3)18-16(21)11-9-14-17-5-4-6-20(14)19-11/h4-9H,1-3H3,(H,18,21). The molecule has 3 rings (SSSR count). The molecule has 0 aliphatic carbocycles. The molecule has 0 unspecified atom stereocenters. The number of fused-ring (bicyclic) bond motifs is 1. The Bertz CT molecular complexity index is 833. The van der Waals surface area contributed by atoms with Crippen LogP contribution in [0, 0.1) is 0 Å². The second kappa shape index (κ2) is 6.45. The number of benzene rings is 1. The molecule has 8 heteroatoms. The summed E-state index contributed by atoms with van der Waals surface area (Å²) in [7, 11) is 4.54. The Morgan fingerprint density at radius 3 is 2.38 bits per heavy atom. The van der Waals surface area contributed by atoms with E-state index in [1.807, 2.05) is 0 Å². The molecule has 0 bridgehead atoms. The van der Waals surface area contributed by atoms with Crippen molar-refractivity contribution in [2.45, 2.75) is 0 Å². The lowest BCUT2D eigenvalue weighted by molar-refractivity contribution is 0.102. The third kappa shape index (κ3) is 2.81. The number of ether oxygens (including phenoxy) is 3. The lowest BCUT2D eigenvalue weighted by Gasteiger charge is -2.14. The van der Waals surface area contributed by atoms with E-state index < -0.39 is 0 Å². The lowest BCUT2D eigenvalue weighted by atomic mass is 10.2. The second-order valence-corrected chi connectivity index (χ2v) is 4.82. The molecule has 8 nitrogen and oxygen atoms in total. The highest BCUT2D eigenvalue weighted by molar-refractivity contribution is 6.03. The Morgan fingerprint density at radius 1 is 1.08 bits per heavy atom. The molecule has 0 fully saturated rings. The maximum Gasteiger partial charge on any atom is 0.276 e. The minimum atomic E-state index is -0.366. The molecular formula is C16H16N4O4. The number of carbonyl (C=O) groups is 1. The van der Waals surface area contributed by atoms with Gasteiger partial charge < -0.3 is 19.5 Å². The highest BCUT2D eigenvalue weighted by atomic mass is 16.5. The number of hydrogen-bond acceptors (Lipinski definition) is 6. The van der Waals surface area contributed by atoms with E-state index in [1.54, 1.807) is 36.7 Å². The van der Waals surface area contributed by atoms with Crippen molar-refractivity contribution in [1.82, 2.24) is 14.6 Å². The van der Waals surface area contributed by atoms with E-state index in [4.69, 9.17) is 14.2 Å². The first-order valence-corrected chi connectivity index (χ1v) is 7.08. The van der Waals surface area contributed by atoms with Gasteiger partial charge in [0.25, 0.3) is 5.91 Å². The van der Waals surface area contributed by atoms with Crippen molar-refractivity contribution >= 4 is 17.2 Å². The van der Waals surface area contributed by atoms with Crippen molar-refractivity contribution in [3.8, 4) is 17.2 Å². The van der Waals surface area contributed by atoms with Gasteiger partial charge in [-0.25, -0.2) is 9.50 Å². The predicted octanol–water partition coefficient (Wildman–Crippen LogP) is 2.01. The Morgan fingerprint density at radius 2 is 1.79 bits per heavy atom. The quantitative estimate of drug-likeness (QED) is 0.771. The van der Waals surface area contributed by atoms with Crippen molar-refractivity contribution in [3.05, 3.63) is 42.4 Å². The first-order valence-electron chi connectivity index (χ1n) is 7.08. The molecule has 1 amide bonds. The Kier molecular flexibility index (Phi) is 4.19. The molecule has 0 saturated carbocycles. The summed E-state index contributed by atoms with van der Waals surface area (Å²) in [6.45, 7) is 0. The van der Waals surface area contributed by atoms with Crippen LogP contribution in [0.25, 0.3) is 5.65 Å². The number of anilines is 1. The molecule has 0 radical (unpaired) electrons. The van der Waals surface area contributed by atoms with Gasteiger partial charge in [0.2, 0.25) is 5.75 Å². The van der Waals surface area contributed by atoms with Crippen LogP contribution in [0.1, 0.15) is 10.5 Å². The number of amides is 1. The van der Waals surface area contributed by atoms with Crippen LogP contribution < -0.4 is 19.5 Å². The van der Waals surface area contributed by atoms with Gasteiger partial charge in [0.15, 0.2) is 22.8 Å². The molecule has 124 valence electrons. The first kappa shape index (κ1) is 15.6. The van der Waals surface area contributed by atoms with Crippen LogP contribution in [0.4, 0.5) is 5.69 Å². The number of rotatable bonds is 5. The maximum absolute atomic E-state index is 12.4. The second-order valence-electron chi connectivity index (χ2n) is 4.82. The van der Waals surface area contributed by atoms with E-state index in [0.29, 0.717) is 28.6 Å². The first-order chi connectivity index (χ1) is 11.7. The van der Waals surface area contributed by atoms with E-state index in [0.717, 1.165) is 0 Å². The van der Waals surface area contributed by atoms with Crippen LogP contribution in [0.3, 0.4) is 0 Å². The predicted molar refractivity (Wildman–Crippen MR) is 87.0 cm³/mol. The van der Waals surface area contributed by atoms with Gasteiger partial charge in [0, 0.05) is 36.3 Å². The van der Waals surface area contributed by atoms with Gasteiger partial charge in [-0.05, 0) is 6.07 Å². The summed E-state index contributed by atoms with van der Waals surface area (Å²) in [6.07, 6.45) is 3.36. The van der Waals surface area contributed by atoms with Crippen molar-refractivity contribution in [1.29, 1.82) is 0 Å². The third-order valence-electron chi connectivity index (χ3n) is 3.39. The van der Waals surface area contributed by atoms with Crippen molar-refractivity contribution in [2.24, 2.45) is 0 Å². The van der Waals surface area contributed by atoms with E-state index in [2.05, 4.69) is 15.4 Å². The molecule has 1 N–H and O–H groups in total. The summed E-state index contributed by atoms with van der Waals surface area (Å²) in [5.41, 5.74) is 1.34. The number of aromatic nitrogens is 3. The van der Waals surface area contributed by atoms with Gasteiger partial charge in [-0.1, -0.05) is 0 Å². The zero-order valence-corrected chi connectivity index (χ0v) is 13.4. The summed E-state index contributed by atoms with van der Waals surface area (Å²) < 4.78 is 17.3. The van der Waals surface area contributed by atoms with Gasteiger partial charge in [-0.15, -0.1) is 0 Å². The van der Waals surface area contributed by atoms with E-state index >= 15 is 0 Å². The summed E-state index contributed by atoms with van der Waals surface area (Å²) >= 11 is 0. The number of nitrogens with one attached hydrogen (secondary N) is 1. The van der Waals surface area contributed by atoms with Crippen molar-refractivity contribution < 1.29 is 19.0 Å². The fraction of sp³-hybridized carbons (Fsp3) is 0.188.